The number of amides is 2. The number of halogens is 1. The Morgan fingerprint density at radius 1 is 1.11 bits per heavy atom. The lowest BCUT2D eigenvalue weighted by atomic mass is 10.2. The van der Waals surface area contributed by atoms with Gasteiger partial charge in [0.1, 0.15) is 0 Å². The highest BCUT2D eigenvalue weighted by Crippen LogP contribution is 2.15. The zero-order valence-corrected chi connectivity index (χ0v) is 11.4. The average Bonchev–Trinajstić information content (AvgIpc) is 2.40. The number of para-hydroxylation sites is 1. The Bertz CT molecular complexity index is 584. The quantitative estimate of drug-likeness (QED) is 0.874. The molecule has 0 fully saturated rings. The molecule has 2 amide bonds. The van der Waals surface area contributed by atoms with Crippen LogP contribution in [0.25, 0.3) is 0 Å². The van der Waals surface area contributed by atoms with Crippen LogP contribution in [0.15, 0.2) is 48.5 Å². The molecule has 2 aromatic rings. The molecule has 0 atom stereocenters. The second kappa shape index (κ2) is 6.25. The Morgan fingerprint density at radius 2 is 1.79 bits per heavy atom. The van der Waals surface area contributed by atoms with Gasteiger partial charge in [-0.25, -0.2) is 4.79 Å². The topological polar surface area (TPSA) is 41.1 Å². The summed E-state index contributed by atoms with van der Waals surface area (Å²) in [5.74, 6) is 0. The van der Waals surface area contributed by atoms with Crippen molar-refractivity contribution in [2.45, 2.75) is 13.5 Å². The van der Waals surface area contributed by atoms with E-state index in [0.29, 0.717) is 11.6 Å². The molecule has 2 N–H and O–H groups in total. The summed E-state index contributed by atoms with van der Waals surface area (Å²) in [7, 11) is 0. The molecule has 2 aromatic carbocycles. The second-order valence-corrected chi connectivity index (χ2v) is 4.62. The van der Waals surface area contributed by atoms with Gasteiger partial charge in [-0.05, 0) is 30.2 Å². The molecule has 0 aliphatic heterocycles. The average molecular weight is 275 g/mol. The van der Waals surface area contributed by atoms with Crippen molar-refractivity contribution >= 4 is 23.3 Å². The minimum atomic E-state index is -0.241. The molecule has 2 rings (SSSR count). The maximum atomic E-state index is 11.8. The molecule has 0 saturated carbocycles. The van der Waals surface area contributed by atoms with E-state index in [0.717, 1.165) is 16.8 Å². The first-order chi connectivity index (χ1) is 9.16. The number of urea groups is 1. The van der Waals surface area contributed by atoms with Crippen LogP contribution >= 0.6 is 11.6 Å². The van der Waals surface area contributed by atoms with E-state index in [4.69, 9.17) is 11.6 Å². The molecule has 98 valence electrons. The number of benzene rings is 2. The van der Waals surface area contributed by atoms with E-state index in [1.54, 1.807) is 6.07 Å². The minimum Gasteiger partial charge on any atom is -0.334 e. The van der Waals surface area contributed by atoms with E-state index in [1.165, 1.54) is 0 Å². The van der Waals surface area contributed by atoms with E-state index in [-0.39, 0.29) is 6.03 Å². The van der Waals surface area contributed by atoms with Crippen molar-refractivity contribution in [3.8, 4) is 0 Å². The third kappa shape index (κ3) is 3.73. The van der Waals surface area contributed by atoms with Crippen LogP contribution in [0, 0.1) is 6.92 Å². The fourth-order valence-electron chi connectivity index (χ4n) is 1.70. The molecular formula is C15H15ClN2O. The fraction of sp³-hybridized carbons (Fsp3) is 0.133. The molecule has 0 aliphatic rings. The van der Waals surface area contributed by atoms with Crippen molar-refractivity contribution in [1.82, 2.24) is 5.32 Å². The fourth-order valence-corrected chi connectivity index (χ4v) is 1.90. The Hall–Kier alpha value is -2.00. The molecule has 0 aliphatic carbocycles. The van der Waals surface area contributed by atoms with E-state index >= 15 is 0 Å². The minimum absolute atomic E-state index is 0.241. The summed E-state index contributed by atoms with van der Waals surface area (Å²) in [6.07, 6.45) is 0. The number of nitrogens with one attached hydrogen (secondary N) is 2. The smallest absolute Gasteiger partial charge is 0.319 e. The number of hydrogen-bond donors (Lipinski definition) is 2. The normalized spacial score (nSPS) is 10.0. The monoisotopic (exact) mass is 274 g/mol. The summed E-state index contributed by atoms with van der Waals surface area (Å²) < 4.78 is 0. The number of carbonyl (C=O) groups excluding carboxylic acids is 1. The molecule has 4 heteroatoms. The third-order valence-electron chi connectivity index (χ3n) is 2.79. The number of hydrogen-bond acceptors (Lipinski definition) is 1. The van der Waals surface area contributed by atoms with Crippen LogP contribution in [0.2, 0.25) is 5.02 Å². The summed E-state index contributed by atoms with van der Waals surface area (Å²) >= 11 is 6.02. The Balaban J connectivity index is 1.92. The van der Waals surface area contributed by atoms with Crippen LogP contribution in [0.4, 0.5) is 10.5 Å². The molecule has 3 nitrogen and oxygen atoms in total. The van der Waals surface area contributed by atoms with Gasteiger partial charge in [0.25, 0.3) is 0 Å². The summed E-state index contributed by atoms with van der Waals surface area (Å²) in [5.41, 5.74) is 2.72. The van der Waals surface area contributed by atoms with Crippen LogP contribution in [0.3, 0.4) is 0 Å². The van der Waals surface area contributed by atoms with Gasteiger partial charge >= 0.3 is 6.03 Å². The summed E-state index contributed by atoms with van der Waals surface area (Å²) in [5, 5.41) is 6.24. The van der Waals surface area contributed by atoms with Gasteiger partial charge in [0.05, 0.1) is 0 Å². The Kier molecular flexibility index (Phi) is 4.42. The van der Waals surface area contributed by atoms with Crippen LogP contribution in [0.1, 0.15) is 11.1 Å². The Labute approximate surface area is 117 Å². The largest absolute Gasteiger partial charge is 0.334 e. The number of carbonyl (C=O) groups is 1. The maximum absolute atomic E-state index is 11.8. The first kappa shape index (κ1) is 13.4. The molecule has 0 radical (unpaired) electrons. The standard InChI is InChI=1S/C15H15ClN2O/c1-11-6-2-5-9-14(11)18-15(19)17-10-12-7-3-4-8-13(12)16/h2-9H,10H2,1H3,(H2,17,18,19). The summed E-state index contributed by atoms with van der Waals surface area (Å²) in [6, 6.07) is 14.8. The van der Waals surface area contributed by atoms with E-state index in [9.17, 15) is 4.79 Å². The van der Waals surface area contributed by atoms with Gasteiger partial charge in [0, 0.05) is 17.3 Å². The lowest BCUT2D eigenvalue weighted by Gasteiger charge is -2.10. The number of aryl methyl sites for hydroxylation is 1. The van der Waals surface area contributed by atoms with Gasteiger partial charge in [-0.3, -0.25) is 0 Å². The third-order valence-corrected chi connectivity index (χ3v) is 3.16. The molecule has 19 heavy (non-hydrogen) atoms. The highest BCUT2D eigenvalue weighted by atomic mass is 35.5. The summed E-state index contributed by atoms with van der Waals surface area (Å²) in [6.45, 7) is 2.35. The maximum Gasteiger partial charge on any atom is 0.319 e. The summed E-state index contributed by atoms with van der Waals surface area (Å²) in [4.78, 5) is 11.8. The lowest BCUT2D eigenvalue weighted by molar-refractivity contribution is 0.251. The van der Waals surface area contributed by atoms with Crippen LogP contribution in [-0.2, 0) is 6.54 Å². The van der Waals surface area contributed by atoms with Crippen molar-refractivity contribution < 1.29 is 4.79 Å². The number of anilines is 1. The molecule has 0 bridgehead atoms. The predicted octanol–water partition coefficient (Wildman–Crippen LogP) is 3.97. The molecule has 0 aromatic heterocycles. The van der Waals surface area contributed by atoms with Gasteiger partial charge < -0.3 is 10.6 Å². The molecule has 0 saturated heterocycles. The van der Waals surface area contributed by atoms with Gasteiger partial charge in [0.15, 0.2) is 0 Å². The number of rotatable bonds is 3. The van der Waals surface area contributed by atoms with Gasteiger partial charge in [-0.2, -0.15) is 0 Å². The van der Waals surface area contributed by atoms with Crippen molar-refractivity contribution in [2.24, 2.45) is 0 Å². The van der Waals surface area contributed by atoms with Crippen molar-refractivity contribution in [1.29, 1.82) is 0 Å². The predicted molar refractivity (Wildman–Crippen MR) is 78.5 cm³/mol. The second-order valence-electron chi connectivity index (χ2n) is 4.21. The van der Waals surface area contributed by atoms with Crippen LogP contribution < -0.4 is 10.6 Å². The molecular weight excluding hydrogens is 260 g/mol. The van der Waals surface area contributed by atoms with Crippen LogP contribution in [0.5, 0.6) is 0 Å². The van der Waals surface area contributed by atoms with Gasteiger partial charge in [-0.15, -0.1) is 0 Å². The first-order valence-corrected chi connectivity index (χ1v) is 6.38. The van der Waals surface area contributed by atoms with Crippen LogP contribution in [-0.4, -0.2) is 6.03 Å². The zero-order chi connectivity index (χ0) is 13.7. The van der Waals surface area contributed by atoms with Gasteiger partial charge in [-0.1, -0.05) is 48.0 Å². The van der Waals surface area contributed by atoms with Crippen molar-refractivity contribution in [3.63, 3.8) is 0 Å². The lowest BCUT2D eigenvalue weighted by Crippen LogP contribution is -2.28. The SMILES string of the molecule is Cc1ccccc1NC(=O)NCc1ccccc1Cl. The molecule has 0 heterocycles. The highest BCUT2D eigenvalue weighted by molar-refractivity contribution is 6.31. The molecule has 0 spiro atoms. The van der Waals surface area contributed by atoms with Crippen molar-refractivity contribution in [3.05, 3.63) is 64.7 Å². The van der Waals surface area contributed by atoms with E-state index < -0.39 is 0 Å². The van der Waals surface area contributed by atoms with E-state index in [2.05, 4.69) is 10.6 Å². The Morgan fingerprint density at radius 3 is 2.53 bits per heavy atom. The first-order valence-electron chi connectivity index (χ1n) is 6.00. The molecule has 0 unspecified atom stereocenters. The van der Waals surface area contributed by atoms with E-state index in [1.807, 2.05) is 49.4 Å². The zero-order valence-electron chi connectivity index (χ0n) is 10.6. The highest BCUT2D eigenvalue weighted by Gasteiger charge is 2.04. The van der Waals surface area contributed by atoms with Gasteiger partial charge in [0.2, 0.25) is 0 Å². The van der Waals surface area contributed by atoms with Crippen molar-refractivity contribution in [2.75, 3.05) is 5.32 Å².